The minimum absolute atomic E-state index is 0.0363. The van der Waals surface area contributed by atoms with Crippen LogP contribution in [0.2, 0.25) is 0 Å². The van der Waals surface area contributed by atoms with Gasteiger partial charge in [-0.2, -0.15) is 0 Å². The van der Waals surface area contributed by atoms with Crippen molar-refractivity contribution in [3.8, 4) is 11.3 Å². The Morgan fingerprint density at radius 1 is 1.00 bits per heavy atom. The van der Waals surface area contributed by atoms with E-state index in [1.807, 2.05) is 49.4 Å². The van der Waals surface area contributed by atoms with Gasteiger partial charge in [-0.25, -0.2) is 4.98 Å². The van der Waals surface area contributed by atoms with Gasteiger partial charge in [-0.15, -0.1) is 0 Å². The average molecular weight is 405 g/mol. The van der Waals surface area contributed by atoms with Crippen LogP contribution in [0.25, 0.3) is 11.3 Å². The largest absolute Gasteiger partial charge is 0.441 e. The number of oxazole rings is 1. The Morgan fingerprint density at radius 2 is 1.70 bits per heavy atom. The Balaban J connectivity index is 1.56. The van der Waals surface area contributed by atoms with Gasteiger partial charge in [-0.3, -0.25) is 9.59 Å². The summed E-state index contributed by atoms with van der Waals surface area (Å²) in [6.07, 6.45) is 2.49. The second kappa shape index (κ2) is 9.87. The van der Waals surface area contributed by atoms with E-state index in [0.29, 0.717) is 43.1 Å². The maximum absolute atomic E-state index is 12.7. The molecule has 0 aliphatic heterocycles. The highest BCUT2D eigenvalue weighted by Gasteiger charge is 2.15. The molecule has 156 valence electrons. The molecule has 0 bridgehead atoms. The van der Waals surface area contributed by atoms with Crippen molar-refractivity contribution < 1.29 is 14.0 Å². The summed E-state index contributed by atoms with van der Waals surface area (Å²) in [5, 5.41) is 0. The molecule has 0 unspecified atom stereocenters. The third-order valence-corrected chi connectivity index (χ3v) is 4.88. The van der Waals surface area contributed by atoms with Gasteiger partial charge >= 0.3 is 0 Å². The number of rotatable bonds is 8. The molecule has 2 amide bonds. The summed E-state index contributed by atoms with van der Waals surface area (Å²) in [5.74, 6) is 1.28. The van der Waals surface area contributed by atoms with Crippen LogP contribution in [-0.4, -0.2) is 47.2 Å². The van der Waals surface area contributed by atoms with E-state index in [4.69, 9.17) is 4.42 Å². The minimum Gasteiger partial charge on any atom is -0.441 e. The summed E-state index contributed by atoms with van der Waals surface area (Å²) >= 11 is 0. The molecule has 0 atom stereocenters. The first-order valence-corrected chi connectivity index (χ1v) is 10.1. The van der Waals surface area contributed by atoms with E-state index in [9.17, 15) is 9.59 Å². The van der Waals surface area contributed by atoms with Crippen molar-refractivity contribution in [1.29, 1.82) is 0 Å². The topological polar surface area (TPSA) is 66.7 Å². The standard InChI is InChI=1S/C24H27N3O3/c1-4-27(17-18-10-12-20(13-11-18)24(29)26(2)3)23(28)15-14-22-25-16-21(30-22)19-8-6-5-7-9-19/h5-13,16H,4,14-15,17H2,1-3H3. The van der Waals surface area contributed by atoms with E-state index in [-0.39, 0.29) is 11.8 Å². The number of aryl methyl sites for hydroxylation is 1. The Hall–Kier alpha value is -3.41. The first kappa shape index (κ1) is 21.3. The van der Waals surface area contributed by atoms with Gasteiger partial charge in [-0.1, -0.05) is 42.5 Å². The minimum atomic E-state index is -0.0363. The van der Waals surface area contributed by atoms with Gasteiger partial charge in [0.05, 0.1) is 6.20 Å². The molecule has 0 N–H and O–H groups in total. The predicted octanol–water partition coefficient (Wildman–Crippen LogP) is 4.02. The number of benzene rings is 2. The third-order valence-electron chi connectivity index (χ3n) is 4.88. The lowest BCUT2D eigenvalue weighted by atomic mass is 10.1. The Labute approximate surface area is 177 Å². The van der Waals surface area contributed by atoms with Gasteiger partial charge in [0, 0.05) is 51.2 Å². The second-order valence-electron chi connectivity index (χ2n) is 7.29. The van der Waals surface area contributed by atoms with Crippen molar-refractivity contribution in [1.82, 2.24) is 14.8 Å². The van der Waals surface area contributed by atoms with Crippen molar-refractivity contribution in [3.05, 3.63) is 77.8 Å². The summed E-state index contributed by atoms with van der Waals surface area (Å²) in [7, 11) is 3.45. The van der Waals surface area contributed by atoms with Gasteiger partial charge in [0.15, 0.2) is 11.7 Å². The molecular weight excluding hydrogens is 378 g/mol. The van der Waals surface area contributed by atoms with Crippen LogP contribution < -0.4 is 0 Å². The van der Waals surface area contributed by atoms with Crippen molar-refractivity contribution in [2.45, 2.75) is 26.3 Å². The highest BCUT2D eigenvalue weighted by atomic mass is 16.4. The molecule has 3 aromatic rings. The van der Waals surface area contributed by atoms with Gasteiger partial charge < -0.3 is 14.2 Å². The van der Waals surface area contributed by atoms with Crippen molar-refractivity contribution in [2.75, 3.05) is 20.6 Å². The molecule has 2 aromatic carbocycles. The van der Waals surface area contributed by atoms with Crippen LogP contribution >= 0.6 is 0 Å². The molecule has 0 saturated heterocycles. The maximum Gasteiger partial charge on any atom is 0.253 e. The van der Waals surface area contributed by atoms with Crippen LogP contribution in [0.1, 0.15) is 35.2 Å². The van der Waals surface area contributed by atoms with Gasteiger partial charge in [0.25, 0.3) is 5.91 Å². The fourth-order valence-electron chi connectivity index (χ4n) is 3.14. The van der Waals surface area contributed by atoms with Crippen LogP contribution in [0.5, 0.6) is 0 Å². The monoisotopic (exact) mass is 405 g/mol. The lowest BCUT2D eigenvalue weighted by molar-refractivity contribution is -0.131. The third kappa shape index (κ3) is 5.35. The molecule has 1 aromatic heterocycles. The molecular formula is C24H27N3O3. The van der Waals surface area contributed by atoms with Gasteiger partial charge in [-0.05, 0) is 24.6 Å². The van der Waals surface area contributed by atoms with Crippen LogP contribution in [-0.2, 0) is 17.8 Å². The zero-order chi connectivity index (χ0) is 21.5. The van der Waals surface area contributed by atoms with Crippen LogP contribution in [0, 0.1) is 0 Å². The number of nitrogens with zero attached hydrogens (tertiary/aromatic N) is 3. The second-order valence-corrected chi connectivity index (χ2v) is 7.29. The first-order valence-electron chi connectivity index (χ1n) is 10.1. The van der Waals surface area contributed by atoms with Crippen LogP contribution in [0.3, 0.4) is 0 Å². The lowest BCUT2D eigenvalue weighted by Crippen LogP contribution is -2.30. The van der Waals surface area contributed by atoms with E-state index >= 15 is 0 Å². The predicted molar refractivity (Wildman–Crippen MR) is 116 cm³/mol. The molecule has 1 heterocycles. The smallest absolute Gasteiger partial charge is 0.253 e. The average Bonchev–Trinajstić information content (AvgIpc) is 3.25. The van der Waals surface area contributed by atoms with Crippen molar-refractivity contribution in [3.63, 3.8) is 0 Å². The Bertz CT molecular complexity index is 978. The van der Waals surface area contributed by atoms with Crippen molar-refractivity contribution in [2.24, 2.45) is 0 Å². The highest BCUT2D eigenvalue weighted by molar-refractivity contribution is 5.93. The number of aromatic nitrogens is 1. The number of carbonyl (C=O) groups excluding carboxylic acids is 2. The summed E-state index contributed by atoms with van der Waals surface area (Å²) in [4.78, 5) is 32.3. The molecule has 0 saturated carbocycles. The van der Waals surface area contributed by atoms with E-state index in [2.05, 4.69) is 4.98 Å². The van der Waals surface area contributed by atoms with E-state index in [1.54, 1.807) is 42.2 Å². The molecule has 0 aliphatic carbocycles. The fraction of sp³-hybridized carbons (Fsp3) is 0.292. The number of carbonyl (C=O) groups is 2. The first-order chi connectivity index (χ1) is 14.5. The van der Waals surface area contributed by atoms with Gasteiger partial charge in [0.2, 0.25) is 5.91 Å². The van der Waals surface area contributed by atoms with Crippen molar-refractivity contribution >= 4 is 11.8 Å². The molecule has 3 rings (SSSR count). The molecule has 0 radical (unpaired) electrons. The highest BCUT2D eigenvalue weighted by Crippen LogP contribution is 2.20. The molecule has 6 heteroatoms. The van der Waals surface area contributed by atoms with Crippen LogP contribution in [0.15, 0.2) is 65.2 Å². The van der Waals surface area contributed by atoms with E-state index in [0.717, 1.165) is 11.1 Å². The summed E-state index contributed by atoms with van der Waals surface area (Å²) in [6.45, 7) is 3.07. The summed E-state index contributed by atoms with van der Waals surface area (Å²) < 4.78 is 5.79. The van der Waals surface area contributed by atoms with E-state index < -0.39 is 0 Å². The van der Waals surface area contributed by atoms with Gasteiger partial charge in [0.1, 0.15) is 0 Å². The van der Waals surface area contributed by atoms with E-state index in [1.165, 1.54) is 0 Å². The molecule has 6 nitrogen and oxygen atoms in total. The zero-order valence-corrected chi connectivity index (χ0v) is 17.7. The fourth-order valence-corrected chi connectivity index (χ4v) is 3.14. The SMILES string of the molecule is CCN(Cc1ccc(C(=O)N(C)C)cc1)C(=O)CCc1ncc(-c2ccccc2)o1. The number of hydrogen-bond donors (Lipinski definition) is 0. The summed E-state index contributed by atoms with van der Waals surface area (Å²) in [6, 6.07) is 17.2. The Morgan fingerprint density at radius 3 is 2.33 bits per heavy atom. The molecule has 0 aliphatic rings. The van der Waals surface area contributed by atoms with Crippen LogP contribution in [0.4, 0.5) is 0 Å². The summed E-state index contributed by atoms with van der Waals surface area (Å²) in [5.41, 5.74) is 2.59. The molecule has 30 heavy (non-hydrogen) atoms. The molecule has 0 fully saturated rings. The number of hydrogen-bond acceptors (Lipinski definition) is 4. The number of amides is 2. The maximum atomic E-state index is 12.7. The zero-order valence-electron chi connectivity index (χ0n) is 17.7. The molecule has 0 spiro atoms. The lowest BCUT2D eigenvalue weighted by Gasteiger charge is -2.21. The quantitative estimate of drug-likeness (QED) is 0.568. The normalized spacial score (nSPS) is 10.6. The Kier molecular flexibility index (Phi) is 7.01.